The zero-order valence-electron chi connectivity index (χ0n) is 18.4. The number of aromatic nitrogens is 2. The molecule has 3 aliphatic rings. The minimum atomic E-state index is -0.418. The van der Waals surface area contributed by atoms with Crippen molar-refractivity contribution in [2.75, 3.05) is 11.9 Å². The van der Waals surface area contributed by atoms with Gasteiger partial charge in [0, 0.05) is 30.4 Å². The molecule has 5 rings (SSSR count). The molecule has 2 aliphatic carbocycles. The summed E-state index contributed by atoms with van der Waals surface area (Å²) in [5.74, 6) is 2.10. The standard InChI is InChI=1S/C25H37N3O/c1-16-7-6-10-19(15-16)28-22-14-13-21-20(12-11-17(2)27(21)3)23(22)26-25(28)24(29)18-8-4-5-9-18/h13-14,16-19,24,29H,4-12,15H2,1-3H3. The molecular weight excluding hydrogens is 358 g/mol. The summed E-state index contributed by atoms with van der Waals surface area (Å²) >= 11 is 0. The number of aliphatic hydroxyl groups is 1. The van der Waals surface area contributed by atoms with Crippen LogP contribution < -0.4 is 4.90 Å². The summed E-state index contributed by atoms with van der Waals surface area (Å²) in [5, 5.41) is 11.4. The van der Waals surface area contributed by atoms with Crippen molar-refractivity contribution in [2.45, 2.75) is 96.2 Å². The largest absolute Gasteiger partial charge is 0.385 e. The molecule has 0 amide bonds. The van der Waals surface area contributed by atoms with Gasteiger partial charge in [-0.15, -0.1) is 0 Å². The molecule has 0 saturated heterocycles. The molecule has 0 spiro atoms. The maximum atomic E-state index is 11.4. The number of hydrogen-bond acceptors (Lipinski definition) is 3. The molecule has 4 nitrogen and oxygen atoms in total. The molecule has 2 aromatic rings. The second kappa shape index (κ2) is 7.61. The first-order chi connectivity index (χ1) is 14.0. The van der Waals surface area contributed by atoms with Gasteiger partial charge in [-0.2, -0.15) is 0 Å². The van der Waals surface area contributed by atoms with Crippen LogP contribution in [-0.4, -0.2) is 27.7 Å². The molecule has 1 aliphatic heterocycles. The molecule has 4 heteroatoms. The van der Waals surface area contributed by atoms with Crippen LogP contribution in [0, 0.1) is 11.8 Å². The number of aryl methyl sites for hydroxylation is 1. The molecule has 1 N–H and O–H groups in total. The van der Waals surface area contributed by atoms with Crippen LogP contribution in [0.25, 0.3) is 11.0 Å². The van der Waals surface area contributed by atoms with Gasteiger partial charge in [0.25, 0.3) is 0 Å². The lowest BCUT2D eigenvalue weighted by Gasteiger charge is -2.34. The van der Waals surface area contributed by atoms with Gasteiger partial charge in [-0.3, -0.25) is 0 Å². The molecule has 2 saturated carbocycles. The van der Waals surface area contributed by atoms with E-state index in [1.807, 2.05) is 0 Å². The topological polar surface area (TPSA) is 41.3 Å². The van der Waals surface area contributed by atoms with E-state index in [2.05, 4.69) is 42.5 Å². The van der Waals surface area contributed by atoms with E-state index in [1.165, 1.54) is 61.7 Å². The Labute approximate surface area is 175 Å². The van der Waals surface area contributed by atoms with Crippen molar-refractivity contribution in [3.8, 4) is 0 Å². The Balaban J connectivity index is 1.66. The van der Waals surface area contributed by atoms with Crippen LogP contribution >= 0.6 is 0 Å². The Morgan fingerprint density at radius 1 is 1.03 bits per heavy atom. The van der Waals surface area contributed by atoms with Crippen molar-refractivity contribution in [3.05, 3.63) is 23.5 Å². The minimum absolute atomic E-state index is 0.380. The number of aliphatic hydroxyl groups excluding tert-OH is 1. The number of benzene rings is 1. The summed E-state index contributed by atoms with van der Waals surface area (Å²) in [7, 11) is 2.21. The zero-order chi connectivity index (χ0) is 20.1. The number of nitrogens with zero attached hydrogens (tertiary/aromatic N) is 3. The first-order valence-corrected chi connectivity index (χ1v) is 12.0. The highest BCUT2D eigenvalue weighted by Gasteiger charge is 2.34. The molecule has 2 fully saturated rings. The lowest BCUT2D eigenvalue weighted by Crippen LogP contribution is -2.33. The molecule has 2 heterocycles. The van der Waals surface area contributed by atoms with E-state index in [9.17, 15) is 5.11 Å². The Morgan fingerprint density at radius 2 is 1.83 bits per heavy atom. The lowest BCUT2D eigenvalue weighted by atomic mass is 9.86. The third kappa shape index (κ3) is 3.28. The monoisotopic (exact) mass is 395 g/mol. The first-order valence-electron chi connectivity index (χ1n) is 12.0. The fourth-order valence-corrected chi connectivity index (χ4v) is 6.30. The van der Waals surface area contributed by atoms with Crippen molar-refractivity contribution in [3.63, 3.8) is 0 Å². The van der Waals surface area contributed by atoms with E-state index in [1.54, 1.807) is 0 Å². The highest BCUT2D eigenvalue weighted by Crippen LogP contribution is 2.43. The van der Waals surface area contributed by atoms with Crippen LogP contribution in [0.1, 0.15) is 95.2 Å². The molecule has 4 atom stereocenters. The summed E-state index contributed by atoms with van der Waals surface area (Å²) in [4.78, 5) is 7.63. The van der Waals surface area contributed by atoms with Crippen LogP contribution in [0.3, 0.4) is 0 Å². The molecule has 29 heavy (non-hydrogen) atoms. The Morgan fingerprint density at radius 3 is 2.59 bits per heavy atom. The first kappa shape index (κ1) is 19.4. The van der Waals surface area contributed by atoms with E-state index < -0.39 is 6.10 Å². The van der Waals surface area contributed by atoms with Gasteiger partial charge in [-0.05, 0) is 69.4 Å². The van der Waals surface area contributed by atoms with E-state index in [0.29, 0.717) is 18.0 Å². The molecule has 0 bridgehead atoms. The van der Waals surface area contributed by atoms with Crippen LogP contribution in [0.4, 0.5) is 5.69 Å². The predicted molar refractivity (Wildman–Crippen MR) is 120 cm³/mol. The fourth-order valence-electron chi connectivity index (χ4n) is 6.30. The van der Waals surface area contributed by atoms with Crippen molar-refractivity contribution < 1.29 is 5.11 Å². The molecular formula is C25H37N3O. The predicted octanol–water partition coefficient (Wildman–Crippen LogP) is 5.78. The molecule has 158 valence electrons. The van der Waals surface area contributed by atoms with Crippen LogP contribution in [0.2, 0.25) is 0 Å². The van der Waals surface area contributed by atoms with Gasteiger partial charge in [-0.1, -0.05) is 32.6 Å². The highest BCUT2D eigenvalue weighted by molar-refractivity contribution is 5.86. The number of fused-ring (bicyclic) bond motifs is 3. The average Bonchev–Trinajstić information content (AvgIpc) is 3.38. The van der Waals surface area contributed by atoms with E-state index >= 15 is 0 Å². The normalized spacial score (nSPS) is 29.4. The summed E-state index contributed by atoms with van der Waals surface area (Å²) in [5.41, 5.74) is 5.15. The van der Waals surface area contributed by atoms with Gasteiger partial charge in [0.1, 0.15) is 11.9 Å². The molecule has 4 unspecified atom stereocenters. The third-order valence-electron chi connectivity index (χ3n) is 8.21. The lowest BCUT2D eigenvalue weighted by molar-refractivity contribution is 0.0953. The average molecular weight is 396 g/mol. The fraction of sp³-hybridized carbons (Fsp3) is 0.720. The van der Waals surface area contributed by atoms with Gasteiger partial charge in [0.2, 0.25) is 0 Å². The van der Waals surface area contributed by atoms with E-state index in [-0.39, 0.29) is 0 Å². The van der Waals surface area contributed by atoms with Gasteiger partial charge in [-0.25, -0.2) is 4.98 Å². The number of hydrogen-bond donors (Lipinski definition) is 1. The van der Waals surface area contributed by atoms with Crippen LogP contribution in [-0.2, 0) is 6.42 Å². The number of anilines is 1. The Kier molecular flexibility index (Phi) is 5.09. The summed E-state index contributed by atoms with van der Waals surface area (Å²) in [6.45, 7) is 4.70. The second-order valence-corrected chi connectivity index (χ2v) is 10.2. The second-order valence-electron chi connectivity index (χ2n) is 10.2. The smallest absolute Gasteiger partial charge is 0.139 e. The molecule has 1 aromatic heterocycles. The van der Waals surface area contributed by atoms with Crippen molar-refractivity contribution in [1.29, 1.82) is 0 Å². The minimum Gasteiger partial charge on any atom is -0.385 e. The maximum absolute atomic E-state index is 11.4. The Hall–Kier alpha value is -1.55. The highest BCUT2D eigenvalue weighted by atomic mass is 16.3. The summed E-state index contributed by atoms with van der Waals surface area (Å²) < 4.78 is 2.48. The van der Waals surface area contributed by atoms with E-state index in [0.717, 1.165) is 36.5 Å². The van der Waals surface area contributed by atoms with Gasteiger partial charge >= 0.3 is 0 Å². The van der Waals surface area contributed by atoms with Gasteiger partial charge in [0.15, 0.2) is 0 Å². The van der Waals surface area contributed by atoms with E-state index in [4.69, 9.17) is 4.98 Å². The van der Waals surface area contributed by atoms with Gasteiger partial charge < -0.3 is 14.6 Å². The third-order valence-corrected chi connectivity index (χ3v) is 8.21. The maximum Gasteiger partial charge on any atom is 0.139 e. The molecule has 0 radical (unpaired) electrons. The number of rotatable bonds is 3. The summed E-state index contributed by atoms with van der Waals surface area (Å²) in [6.07, 6.45) is 11.7. The Bertz CT molecular complexity index is 882. The molecule has 1 aromatic carbocycles. The van der Waals surface area contributed by atoms with Crippen LogP contribution in [0.15, 0.2) is 12.1 Å². The summed E-state index contributed by atoms with van der Waals surface area (Å²) in [6, 6.07) is 5.65. The zero-order valence-corrected chi connectivity index (χ0v) is 18.4. The van der Waals surface area contributed by atoms with Crippen molar-refractivity contribution in [1.82, 2.24) is 9.55 Å². The van der Waals surface area contributed by atoms with Crippen molar-refractivity contribution >= 4 is 16.7 Å². The SMILES string of the molecule is CC1CCCC(n2c(C(O)C3CCCC3)nc3c4c(ccc32)N(C)C(C)CC4)C1. The van der Waals surface area contributed by atoms with Crippen molar-refractivity contribution in [2.24, 2.45) is 11.8 Å². The quantitative estimate of drug-likeness (QED) is 0.716. The van der Waals surface area contributed by atoms with Crippen LogP contribution in [0.5, 0.6) is 0 Å². The van der Waals surface area contributed by atoms with Gasteiger partial charge in [0.05, 0.1) is 11.0 Å². The number of imidazole rings is 1.